The Morgan fingerprint density at radius 3 is 2.37 bits per heavy atom. The van der Waals surface area contributed by atoms with Gasteiger partial charge >= 0.3 is 0 Å². The average Bonchev–Trinajstić information content (AvgIpc) is 3.34. The molecule has 2 aliphatic heterocycles. The molecule has 3 heterocycles. The number of ketones is 1. The Morgan fingerprint density at radius 1 is 0.971 bits per heavy atom. The quantitative estimate of drug-likeness (QED) is 0.462. The van der Waals surface area contributed by atoms with Crippen molar-refractivity contribution in [1.29, 1.82) is 0 Å². The van der Waals surface area contributed by atoms with Crippen molar-refractivity contribution in [2.75, 3.05) is 36.1 Å². The first-order chi connectivity index (χ1) is 17.0. The summed E-state index contributed by atoms with van der Waals surface area (Å²) in [5.41, 5.74) is 3.22. The molecule has 0 fully saturated rings. The van der Waals surface area contributed by atoms with E-state index in [2.05, 4.69) is 6.92 Å². The van der Waals surface area contributed by atoms with Crippen LogP contribution in [0.5, 0.6) is 11.5 Å². The third-order valence-electron chi connectivity index (χ3n) is 6.06. The Kier molecular flexibility index (Phi) is 6.25. The topological polar surface area (TPSA) is 89.0 Å². The molecule has 2 amide bonds. The number of benzene rings is 2. The fourth-order valence-electron chi connectivity index (χ4n) is 4.26. The minimum Gasteiger partial charge on any atom is -0.482 e. The Labute approximate surface area is 207 Å². The zero-order valence-corrected chi connectivity index (χ0v) is 20.4. The largest absolute Gasteiger partial charge is 0.482 e. The molecule has 8 nitrogen and oxygen atoms in total. The molecule has 0 saturated heterocycles. The summed E-state index contributed by atoms with van der Waals surface area (Å²) < 4.78 is 11.1. The number of nitrogens with zero attached hydrogens (tertiary/aromatic N) is 3. The maximum atomic E-state index is 13.3. The monoisotopic (exact) mass is 491 g/mol. The van der Waals surface area contributed by atoms with Gasteiger partial charge in [0.25, 0.3) is 11.8 Å². The molecule has 0 unspecified atom stereocenters. The lowest BCUT2D eigenvalue weighted by Crippen LogP contribution is -2.42. The van der Waals surface area contributed by atoms with E-state index in [-0.39, 0.29) is 37.4 Å². The van der Waals surface area contributed by atoms with Crippen LogP contribution in [0.15, 0.2) is 41.8 Å². The molecule has 5 rings (SSSR count). The number of Topliss-reactive ketones (excluding diaryl/α,β-unsaturated/α-hetero) is 1. The van der Waals surface area contributed by atoms with E-state index in [9.17, 15) is 14.4 Å². The van der Waals surface area contributed by atoms with Gasteiger partial charge in [0.2, 0.25) is 0 Å². The van der Waals surface area contributed by atoms with Crippen LogP contribution < -0.4 is 19.3 Å². The third-order valence-corrected chi connectivity index (χ3v) is 6.96. The number of carbonyl (C=O) groups is 3. The lowest BCUT2D eigenvalue weighted by molar-refractivity contribution is -0.121. The standard InChI is InChI=1S/C26H25N3O5S/c1-3-5-24-27-18(15-35-24)16-6-8-23-20(10-16)29(26(32)14-34-23)12-21(30)17-7-9-22-19(11-17)28(4-2)25(31)13-33-22/h6-11,15H,3-5,12-14H2,1-2H3. The highest BCUT2D eigenvalue weighted by atomic mass is 32.1. The normalized spacial score (nSPS) is 14.8. The maximum absolute atomic E-state index is 13.3. The van der Waals surface area contributed by atoms with Crippen LogP contribution in [0, 0.1) is 0 Å². The number of hydrogen-bond donors (Lipinski definition) is 0. The van der Waals surface area contributed by atoms with Gasteiger partial charge in [-0.2, -0.15) is 0 Å². The van der Waals surface area contributed by atoms with Crippen molar-refractivity contribution in [3.63, 3.8) is 0 Å². The van der Waals surface area contributed by atoms with Crippen molar-refractivity contribution < 1.29 is 23.9 Å². The van der Waals surface area contributed by atoms with E-state index in [0.717, 1.165) is 29.1 Å². The van der Waals surface area contributed by atoms with Crippen molar-refractivity contribution in [3.8, 4) is 22.8 Å². The van der Waals surface area contributed by atoms with E-state index < -0.39 is 0 Å². The van der Waals surface area contributed by atoms with Gasteiger partial charge in [0.05, 0.1) is 28.6 Å². The molecule has 35 heavy (non-hydrogen) atoms. The van der Waals surface area contributed by atoms with Crippen LogP contribution >= 0.6 is 11.3 Å². The molecule has 2 aliphatic rings. The Balaban J connectivity index is 1.43. The van der Waals surface area contributed by atoms with E-state index in [1.54, 1.807) is 34.4 Å². The average molecular weight is 492 g/mol. The summed E-state index contributed by atoms with van der Waals surface area (Å²) in [6, 6.07) is 10.6. The molecular weight excluding hydrogens is 466 g/mol. The van der Waals surface area contributed by atoms with Gasteiger partial charge in [0, 0.05) is 23.1 Å². The minimum absolute atomic E-state index is 0.0194. The highest BCUT2D eigenvalue weighted by Gasteiger charge is 2.30. The third kappa shape index (κ3) is 4.39. The fourth-order valence-corrected chi connectivity index (χ4v) is 5.17. The van der Waals surface area contributed by atoms with Gasteiger partial charge in [-0.05, 0) is 56.2 Å². The summed E-state index contributed by atoms with van der Waals surface area (Å²) in [6.07, 6.45) is 1.94. The summed E-state index contributed by atoms with van der Waals surface area (Å²) in [5, 5.41) is 3.07. The number of thiazole rings is 1. The number of fused-ring (bicyclic) bond motifs is 2. The summed E-state index contributed by atoms with van der Waals surface area (Å²) in [4.78, 5) is 46.0. The zero-order valence-electron chi connectivity index (χ0n) is 19.6. The molecule has 1 aromatic heterocycles. The van der Waals surface area contributed by atoms with Gasteiger partial charge in [-0.1, -0.05) is 6.92 Å². The predicted molar refractivity (Wildman–Crippen MR) is 134 cm³/mol. The van der Waals surface area contributed by atoms with E-state index >= 15 is 0 Å². The fraction of sp³-hybridized carbons (Fsp3) is 0.308. The molecule has 180 valence electrons. The second-order valence-electron chi connectivity index (χ2n) is 8.36. The van der Waals surface area contributed by atoms with Gasteiger partial charge in [0.1, 0.15) is 11.5 Å². The molecule has 0 saturated carbocycles. The van der Waals surface area contributed by atoms with Crippen molar-refractivity contribution in [2.24, 2.45) is 0 Å². The predicted octanol–water partition coefficient (Wildman–Crippen LogP) is 4.12. The number of likely N-dealkylation sites (N-methyl/N-ethyl adjacent to an activating group) is 1. The first kappa shape index (κ1) is 23.0. The van der Waals surface area contributed by atoms with Crippen molar-refractivity contribution in [2.45, 2.75) is 26.7 Å². The van der Waals surface area contributed by atoms with Crippen molar-refractivity contribution in [1.82, 2.24) is 4.98 Å². The molecule has 0 N–H and O–H groups in total. The second-order valence-corrected chi connectivity index (χ2v) is 9.30. The van der Waals surface area contributed by atoms with Gasteiger partial charge in [-0.15, -0.1) is 11.3 Å². The number of anilines is 2. The number of carbonyl (C=O) groups excluding carboxylic acids is 3. The molecule has 3 aromatic rings. The lowest BCUT2D eigenvalue weighted by atomic mass is 10.1. The number of ether oxygens (including phenoxy) is 2. The molecule has 0 atom stereocenters. The molecule has 0 aliphatic carbocycles. The Morgan fingerprint density at radius 2 is 1.66 bits per heavy atom. The van der Waals surface area contributed by atoms with Crippen molar-refractivity contribution >= 4 is 40.3 Å². The van der Waals surface area contributed by atoms with Crippen LogP contribution in [0.25, 0.3) is 11.3 Å². The zero-order chi connectivity index (χ0) is 24.5. The summed E-state index contributed by atoms with van der Waals surface area (Å²) in [5.74, 6) is 0.420. The van der Waals surface area contributed by atoms with Crippen LogP contribution in [0.2, 0.25) is 0 Å². The highest BCUT2D eigenvalue weighted by Crippen LogP contribution is 2.37. The SMILES string of the molecule is CCCc1nc(-c2ccc3c(c2)N(CC(=O)c2ccc4c(c2)N(CC)C(=O)CO4)C(=O)CO3)cs1. The van der Waals surface area contributed by atoms with Gasteiger partial charge in [0.15, 0.2) is 19.0 Å². The van der Waals surface area contributed by atoms with Crippen LogP contribution in [0.3, 0.4) is 0 Å². The van der Waals surface area contributed by atoms with E-state index in [4.69, 9.17) is 14.5 Å². The van der Waals surface area contributed by atoms with E-state index in [1.807, 2.05) is 30.5 Å². The number of aromatic nitrogens is 1. The Hall–Kier alpha value is -3.72. The van der Waals surface area contributed by atoms with Crippen LogP contribution in [-0.4, -0.2) is 48.9 Å². The van der Waals surface area contributed by atoms with Crippen LogP contribution in [0.4, 0.5) is 11.4 Å². The van der Waals surface area contributed by atoms with Crippen LogP contribution in [-0.2, 0) is 16.0 Å². The number of amides is 2. The summed E-state index contributed by atoms with van der Waals surface area (Å²) in [7, 11) is 0. The number of aryl methyl sites for hydroxylation is 1. The lowest BCUT2D eigenvalue weighted by Gasteiger charge is -2.30. The molecule has 9 heteroatoms. The highest BCUT2D eigenvalue weighted by molar-refractivity contribution is 7.09. The van der Waals surface area contributed by atoms with Gasteiger partial charge in [-0.3, -0.25) is 19.3 Å². The smallest absolute Gasteiger partial charge is 0.265 e. The van der Waals surface area contributed by atoms with Gasteiger partial charge < -0.3 is 14.4 Å². The molecule has 0 spiro atoms. The van der Waals surface area contributed by atoms with Gasteiger partial charge in [-0.25, -0.2) is 4.98 Å². The molecule has 0 radical (unpaired) electrons. The maximum Gasteiger partial charge on any atom is 0.265 e. The first-order valence-electron chi connectivity index (χ1n) is 11.6. The molecular formula is C26H25N3O5S. The number of rotatable bonds is 7. The molecule has 2 aromatic carbocycles. The van der Waals surface area contributed by atoms with E-state index in [1.165, 1.54) is 4.90 Å². The molecule has 0 bridgehead atoms. The second kappa shape index (κ2) is 9.50. The van der Waals surface area contributed by atoms with Crippen LogP contribution in [0.1, 0.15) is 35.6 Å². The number of hydrogen-bond acceptors (Lipinski definition) is 7. The summed E-state index contributed by atoms with van der Waals surface area (Å²) >= 11 is 1.61. The summed E-state index contributed by atoms with van der Waals surface area (Å²) in [6.45, 7) is 4.17. The van der Waals surface area contributed by atoms with E-state index in [0.29, 0.717) is 35.0 Å². The minimum atomic E-state index is -0.292. The first-order valence-corrected chi connectivity index (χ1v) is 12.5. The Bertz CT molecular complexity index is 1320. The van der Waals surface area contributed by atoms with Crippen molar-refractivity contribution in [3.05, 3.63) is 52.3 Å².